The first-order valence-electron chi connectivity index (χ1n) is 9.32. The highest BCUT2D eigenvalue weighted by Gasteiger charge is 2.82. The molecule has 22 heavy (non-hydrogen) atoms. The summed E-state index contributed by atoms with van der Waals surface area (Å²) in [5.41, 5.74) is -1.92. The summed E-state index contributed by atoms with van der Waals surface area (Å²) in [6, 6.07) is 0. The van der Waals surface area contributed by atoms with Crippen LogP contribution in [0.5, 0.6) is 0 Å². The molecule has 0 aliphatic heterocycles. The zero-order valence-electron chi connectivity index (χ0n) is 15.3. The minimum absolute atomic E-state index is 0.125. The molecule has 0 saturated heterocycles. The van der Waals surface area contributed by atoms with Gasteiger partial charge in [-0.25, -0.2) is 0 Å². The van der Waals surface area contributed by atoms with E-state index in [2.05, 4.69) is 41.5 Å². The molecule has 4 bridgehead atoms. The third-order valence-corrected chi connectivity index (χ3v) is 10.5. The van der Waals surface area contributed by atoms with Crippen molar-refractivity contribution >= 4 is 0 Å². The van der Waals surface area contributed by atoms with Gasteiger partial charge in [-0.3, -0.25) is 0 Å². The molecule has 126 valence electrons. The largest absolute Gasteiger partial charge is 0.386 e. The van der Waals surface area contributed by atoms with Gasteiger partial charge in [-0.1, -0.05) is 41.5 Å². The Kier molecular flexibility index (Phi) is 2.54. The van der Waals surface area contributed by atoms with Gasteiger partial charge in [0.25, 0.3) is 0 Å². The average molecular weight is 306 g/mol. The monoisotopic (exact) mass is 306 g/mol. The van der Waals surface area contributed by atoms with E-state index in [0.717, 1.165) is 25.7 Å². The lowest BCUT2D eigenvalue weighted by Gasteiger charge is -2.59. The minimum Gasteiger partial charge on any atom is -0.386 e. The first kappa shape index (κ1) is 15.4. The van der Waals surface area contributed by atoms with E-state index < -0.39 is 11.2 Å². The van der Waals surface area contributed by atoms with E-state index in [1.54, 1.807) is 0 Å². The van der Waals surface area contributed by atoms with Crippen molar-refractivity contribution in [2.75, 3.05) is 0 Å². The zero-order valence-corrected chi connectivity index (χ0v) is 15.3. The Balaban J connectivity index is 1.87. The minimum atomic E-state index is -0.923. The lowest BCUT2D eigenvalue weighted by molar-refractivity contribution is -0.263. The first-order valence-corrected chi connectivity index (χ1v) is 9.32. The van der Waals surface area contributed by atoms with Gasteiger partial charge in [-0.15, -0.1) is 0 Å². The quantitative estimate of drug-likeness (QED) is 0.764. The molecule has 0 heterocycles. The van der Waals surface area contributed by atoms with Gasteiger partial charge in [0.1, 0.15) is 0 Å². The maximum atomic E-state index is 12.0. The van der Waals surface area contributed by atoms with Gasteiger partial charge >= 0.3 is 0 Å². The molecule has 4 aliphatic rings. The Labute approximate surface area is 135 Å². The Morgan fingerprint density at radius 2 is 0.955 bits per heavy atom. The molecule has 0 spiro atoms. The SMILES string of the molecule is CC1(C)C2CCC1(C)C(O)(C1(O)CC3CCC1(C)C3(C)C)C2. The molecule has 2 N–H and O–H groups in total. The van der Waals surface area contributed by atoms with Crippen molar-refractivity contribution in [2.24, 2.45) is 33.5 Å². The molecular formula is C20H34O2. The summed E-state index contributed by atoms with van der Waals surface area (Å²) in [5.74, 6) is 1.11. The fourth-order valence-corrected chi connectivity index (χ4v) is 7.80. The highest BCUT2D eigenvalue weighted by molar-refractivity contribution is 5.31. The van der Waals surface area contributed by atoms with Crippen molar-refractivity contribution in [3.8, 4) is 0 Å². The Bertz CT molecular complexity index is 490. The zero-order chi connectivity index (χ0) is 16.4. The Morgan fingerprint density at radius 3 is 1.14 bits per heavy atom. The van der Waals surface area contributed by atoms with Crippen LogP contribution in [0.3, 0.4) is 0 Å². The van der Waals surface area contributed by atoms with Gasteiger partial charge in [0.2, 0.25) is 0 Å². The molecule has 6 atom stereocenters. The standard InChI is InChI=1S/C20H34O2/c1-15(2)13-7-9-17(15,5)19(21,11-13)20(22)12-14-8-10-18(20,6)16(14,3)4/h13-14,21-22H,7-12H2,1-6H3. The Hall–Kier alpha value is -0.0800. The van der Waals surface area contributed by atoms with E-state index in [4.69, 9.17) is 0 Å². The summed E-state index contributed by atoms with van der Waals surface area (Å²) in [6.07, 6.45) is 6.14. The maximum Gasteiger partial charge on any atom is 0.1000 e. The maximum absolute atomic E-state index is 12.0. The number of rotatable bonds is 1. The summed E-state index contributed by atoms with van der Waals surface area (Å²) in [5, 5.41) is 24.0. The van der Waals surface area contributed by atoms with Crippen LogP contribution in [0.4, 0.5) is 0 Å². The van der Waals surface area contributed by atoms with E-state index in [-0.39, 0.29) is 21.7 Å². The van der Waals surface area contributed by atoms with Crippen molar-refractivity contribution in [1.29, 1.82) is 0 Å². The van der Waals surface area contributed by atoms with Crippen LogP contribution < -0.4 is 0 Å². The van der Waals surface area contributed by atoms with E-state index in [9.17, 15) is 10.2 Å². The highest BCUT2D eigenvalue weighted by atomic mass is 16.4. The fraction of sp³-hybridized carbons (Fsp3) is 1.00. The smallest absolute Gasteiger partial charge is 0.1000 e. The number of fused-ring (bicyclic) bond motifs is 4. The van der Waals surface area contributed by atoms with Crippen LogP contribution in [0, 0.1) is 33.5 Å². The predicted octanol–water partition coefficient (Wildman–Crippen LogP) is 4.14. The van der Waals surface area contributed by atoms with Crippen LogP contribution in [0.2, 0.25) is 0 Å². The van der Waals surface area contributed by atoms with Crippen molar-refractivity contribution < 1.29 is 10.2 Å². The molecule has 2 nitrogen and oxygen atoms in total. The molecule has 2 heteroatoms. The van der Waals surface area contributed by atoms with Crippen LogP contribution in [0.25, 0.3) is 0 Å². The summed E-state index contributed by atoms with van der Waals surface area (Å²) >= 11 is 0. The van der Waals surface area contributed by atoms with Gasteiger partial charge in [0.05, 0.1) is 11.2 Å². The second-order valence-corrected chi connectivity index (χ2v) is 10.7. The first-order chi connectivity index (χ1) is 9.87. The van der Waals surface area contributed by atoms with Gasteiger partial charge in [0.15, 0.2) is 0 Å². The third-order valence-electron chi connectivity index (χ3n) is 10.5. The second kappa shape index (κ2) is 3.61. The molecule has 4 aliphatic carbocycles. The van der Waals surface area contributed by atoms with Crippen molar-refractivity contribution in [3.05, 3.63) is 0 Å². The van der Waals surface area contributed by atoms with Crippen molar-refractivity contribution in [3.63, 3.8) is 0 Å². The molecule has 4 rings (SSSR count). The third kappa shape index (κ3) is 1.14. The Morgan fingerprint density at radius 1 is 0.636 bits per heavy atom. The van der Waals surface area contributed by atoms with Crippen LogP contribution in [-0.2, 0) is 0 Å². The summed E-state index contributed by atoms with van der Waals surface area (Å²) in [4.78, 5) is 0. The van der Waals surface area contributed by atoms with Gasteiger partial charge < -0.3 is 10.2 Å². The number of hydrogen-bond acceptors (Lipinski definition) is 2. The summed E-state index contributed by atoms with van der Waals surface area (Å²) in [6.45, 7) is 13.8. The molecule has 6 unspecified atom stereocenters. The van der Waals surface area contributed by atoms with Crippen LogP contribution in [0.1, 0.15) is 80.1 Å². The van der Waals surface area contributed by atoms with Crippen LogP contribution in [-0.4, -0.2) is 21.4 Å². The van der Waals surface area contributed by atoms with Crippen LogP contribution in [0.15, 0.2) is 0 Å². The molecule has 0 aromatic carbocycles. The average Bonchev–Trinajstić information content (AvgIpc) is 2.89. The fourth-order valence-electron chi connectivity index (χ4n) is 7.80. The molecule has 0 aromatic rings. The van der Waals surface area contributed by atoms with E-state index in [1.807, 2.05) is 0 Å². The van der Waals surface area contributed by atoms with Crippen LogP contribution >= 0.6 is 0 Å². The molecule has 0 aromatic heterocycles. The van der Waals surface area contributed by atoms with Gasteiger partial charge in [-0.05, 0) is 61.2 Å². The number of aliphatic hydroxyl groups is 2. The summed E-state index contributed by atoms with van der Waals surface area (Å²) < 4.78 is 0. The highest BCUT2D eigenvalue weighted by Crippen LogP contribution is 2.79. The summed E-state index contributed by atoms with van der Waals surface area (Å²) in [7, 11) is 0. The molecule has 0 radical (unpaired) electrons. The topological polar surface area (TPSA) is 40.5 Å². The lowest BCUT2D eigenvalue weighted by Crippen LogP contribution is -2.68. The van der Waals surface area contributed by atoms with E-state index in [0.29, 0.717) is 11.8 Å². The van der Waals surface area contributed by atoms with Crippen molar-refractivity contribution in [2.45, 2.75) is 91.3 Å². The second-order valence-electron chi connectivity index (χ2n) is 10.7. The molecule has 4 fully saturated rings. The van der Waals surface area contributed by atoms with Crippen molar-refractivity contribution in [1.82, 2.24) is 0 Å². The number of hydrogen-bond donors (Lipinski definition) is 2. The molecule has 0 amide bonds. The molecule has 4 saturated carbocycles. The normalized spacial score (nSPS) is 61.1. The van der Waals surface area contributed by atoms with E-state index in [1.165, 1.54) is 12.8 Å². The lowest BCUT2D eigenvalue weighted by atomic mass is 9.51. The molecular weight excluding hydrogens is 272 g/mol. The predicted molar refractivity (Wildman–Crippen MR) is 88.4 cm³/mol. The van der Waals surface area contributed by atoms with Gasteiger partial charge in [0, 0.05) is 10.8 Å². The van der Waals surface area contributed by atoms with E-state index >= 15 is 0 Å². The van der Waals surface area contributed by atoms with Gasteiger partial charge in [-0.2, -0.15) is 0 Å².